The van der Waals surface area contributed by atoms with Crippen LogP contribution in [0.2, 0.25) is 5.02 Å². The summed E-state index contributed by atoms with van der Waals surface area (Å²) in [7, 11) is -4.46. The van der Waals surface area contributed by atoms with E-state index < -0.39 is 33.1 Å². The molecule has 3 aliphatic rings. The maximum Gasteiger partial charge on any atom is 0.416 e. The number of halogens is 4. The molecule has 3 aliphatic heterocycles. The van der Waals surface area contributed by atoms with Gasteiger partial charge in [0.2, 0.25) is 5.91 Å². The van der Waals surface area contributed by atoms with Crippen molar-refractivity contribution in [2.45, 2.75) is 43.3 Å². The highest BCUT2D eigenvalue weighted by atomic mass is 35.5. The number of hydrogen-bond donors (Lipinski definition) is 1. The number of benzene rings is 2. The van der Waals surface area contributed by atoms with E-state index in [0.29, 0.717) is 52.0 Å². The van der Waals surface area contributed by atoms with E-state index in [-0.39, 0.29) is 39.7 Å². The second-order valence-electron chi connectivity index (χ2n) is 10.9. The van der Waals surface area contributed by atoms with Gasteiger partial charge in [-0.1, -0.05) is 29.8 Å². The lowest BCUT2D eigenvalue weighted by Gasteiger charge is -2.33. The van der Waals surface area contributed by atoms with Crippen LogP contribution >= 0.6 is 11.6 Å². The Bertz CT molecular complexity index is 1510. The van der Waals surface area contributed by atoms with Gasteiger partial charge in [0.05, 0.1) is 44.7 Å². The minimum absolute atomic E-state index is 0.0300. The summed E-state index contributed by atoms with van der Waals surface area (Å²) in [6.07, 6.45) is 0.0980. The molecule has 2 aromatic rings. The number of amides is 2. The lowest BCUT2D eigenvalue weighted by Crippen LogP contribution is -2.47. The van der Waals surface area contributed by atoms with Gasteiger partial charge in [-0.15, -0.1) is 0 Å². The second-order valence-corrected chi connectivity index (χ2v) is 13.2. The van der Waals surface area contributed by atoms with Gasteiger partial charge in [-0.25, -0.2) is 8.42 Å². The molecule has 2 unspecified atom stereocenters. The zero-order valence-electron chi connectivity index (χ0n) is 23.0. The van der Waals surface area contributed by atoms with Crippen LogP contribution in [0.15, 0.2) is 59.5 Å². The molecule has 0 saturated carbocycles. The van der Waals surface area contributed by atoms with Crippen LogP contribution in [-0.4, -0.2) is 75.3 Å². The zero-order valence-corrected chi connectivity index (χ0v) is 24.6. The molecule has 2 fully saturated rings. The number of carbonyl (C=O) groups excluding carboxylic acids is 2. The molecule has 2 amide bonds. The van der Waals surface area contributed by atoms with Crippen molar-refractivity contribution in [3.63, 3.8) is 0 Å². The lowest BCUT2D eigenvalue weighted by atomic mass is 9.82. The SMILES string of the molecule is CCN1C(=O)c2cc(ccc2Cl)S(=O)(=O)N(c2cccc(C(F)(F)F)c2)C/C=C\CC2(CCNC2)C(=O)N2CCC1C2. The number of anilines is 1. The maximum atomic E-state index is 14.0. The first-order chi connectivity index (χ1) is 19.9. The Morgan fingerprint density at radius 2 is 1.90 bits per heavy atom. The van der Waals surface area contributed by atoms with Gasteiger partial charge < -0.3 is 15.1 Å². The molecule has 5 rings (SSSR count). The van der Waals surface area contributed by atoms with Gasteiger partial charge in [0.25, 0.3) is 15.9 Å². The first kappa shape index (κ1) is 30.4. The summed E-state index contributed by atoms with van der Waals surface area (Å²) in [5.41, 5.74) is -1.96. The number of rotatable bonds is 2. The Kier molecular flexibility index (Phi) is 8.34. The third kappa shape index (κ3) is 5.63. The molecule has 2 saturated heterocycles. The Morgan fingerprint density at radius 3 is 2.60 bits per heavy atom. The summed E-state index contributed by atoms with van der Waals surface area (Å²) >= 11 is 6.41. The molecule has 226 valence electrons. The summed E-state index contributed by atoms with van der Waals surface area (Å²) in [4.78, 5) is 30.7. The Balaban J connectivity index is 1.64. The van der Waals surface area contributed by atoms with E-state index in [2.05, 4.69) is 5.32 Å². The molecular weight excluding hydrogens is 593 g/mol. The Hall–Kier alpha value is -3.09. The van der Waals surface area contributed by atoms with Crippen molar-refractivity contribution in [2.75, 3.05) is 43.6 Å². The number of hydrogen-bond acceptors (Lipinski definition) is 5. The number of nitrogens with zero attached hydrogens (tertiary/aromatic N) is 3. The van der Waals surface area contributed by atoms with E-state index in [4.69, 9.17) is 11.6 Å². The van der Waals surface area contributed by atoms with Gasteiger partial charge in [0.1, 0.15) is 0 Å². The highest BCUT2D eigenvalue weighted by molar-refractivity contribution is 7.92. The van der Waals surface area contributed by atoms with Crippen molar-refractivity contribution < 1.29 is 31.2 Å². The van der Waals surface area contributed by atoms with Gasteiger partial charge in [0, 0.05) is 26.2 Å². The number of sulfonamides is 1. The summed E-state index contributed by atoms with van der Waals surface area (Å²) in [5, 5.41) is 3.30. The molecule has 13 heteroatoms. The van der Waals surface area contributed by atoms with Crippen molar-refractivity contribution in [2.24, 2.45) is 5.41 Å². The smallest absolute Gasteiger partial charge is 0.340 e. The summed E-state index contributed by atoms with van der Waals surface area (Å²) in [6, 6.07) is 7.53. The van der Waals surface area contributed by atoms with Crippen LogP contribution in [0.3, 0.4) is 0 Å². The van der Waals surface area contributed by atoms with Crippen LogP contribution in [0, 0.1) is 5.41 Å². The Labute approximate surface area is 248 Å². The van der Waals surface area contributed by atoms with Crippen molar-refractivity contribution in [3.8, 4) is 0 Å². The van der Waals surface area contributed by atoms with Crippen molar-refractivity contribution in [3.05, 3.63) is 70.8 Å². The highest BCUT2D eigenvalue weighted by Crippen LogP contribution is 2.37. The average Bonchev–Trinajstić information content (AvgIpc) is 3.63. The standard InChI is InChI=1S/C29H32ClF3N4O4S/c1-2-36-22-10-15-35(18-22)27(39)28(12-13-34-19-28)11-3-4-14-37(21-7-5-6-20(16-21)29(31,32)33)42(40,41)23-8-9-25(30)24(17-23)26(36)38/h3-9,16-17,22,34H,2,10-15,18-19H2,1H3/b4-3-. The molecule has 0 aromatic heterocycles. The minimum atomic E-state index is -4.69. The van der Waals surface area contributed by atoms with Crippen LogP contribution in [0.1, 0.15) is 42.1 Å². The normalized spacial score (nSPS) is 25.8. The average molecular weight is 625 g/mol. The third-order valence-corrected chi connectivity index (χ3v) is 10.5. The quantitative estimate of drug-likeness (QED) is 0.495. The first-order valence-electron chi connectivity index (χ1n) is 13.8. The van der Waals surface area contributed by atoms with Crippen molar-refractivity contribution in [1.29, 1.82) is 0 Å². The minimum Gasteiger partial charge on any atom is -0.340 e. The van der Waals surface area contributed by atoms with Crippen LogP contribution in [0.4, 0.5) is 18.9 Å². The van der Waals surface area contributed by atoms with Gasteiger partial charge >= 0.3 is 6.18 Å². The molecule has 1 N–H and O–H groups in total. The molecule has 0 radical (unpaired) electrons. The number of fused-ring (bicyclic) bond motifs is 4. The zero-order chi connectivity index (χ0) is 30.3. The van der Waals surface area contributed by atoms with Crippen LogP contribution in [0.25, 0.3) is 0 Å². The van der Waals surface area contributed by atoms with Crippen LogP contribution in [0.5, 0.6) is 0 Å². The van der Waals surface area contributed by atoms with Gasteiger partial charge in [-0.3, -0.25) is 13.9 Å². The van der Waals surface area contributed by atoms with E-state index in [1.807, 2.05) is 0 Å². The molecule has 0 aliphatic carbocycles. The highest BCUT2D eigenvalue weighted by Gasteiger charge is 2.45. The van der Waals surface area contributed by atoms with Crippen LogP contribution in [-0.2, 0) is 21.0 Å². The second kappa shape index (κ2) is 11.5. The van der Waals surface area contributed by atoms with E-state index in [1.54, 1.807) is 28.9 Å². The van der Waals surface area contributed by atoms with Gasteiger partial charge in [-0.05, 0) is 69.1 Å². The molecule has 42 heavy (non-hydrogen) atoms. The summed E-state index contributed by atoms with van der Waals surface area (Å²) < 4.78 is 69.6. The predicted molar refractivity (Wildman–Crippen MR) is 153 cm³/mol. The largest absolute Gasteiger partial charge is 0.416 e. The summed E-state index contributed by atoms with van der Waals surface area (Å²) in [5.74, 6) is -0.508. The van der Waals surface area contributed by atoms with Gasteiger partial charge in [0.15, 0.2) is 0 Å². The number of alkyl halides is 3. The molecular formula is C29H32ClF3N4O4S. The molecule has 4 bridgehead atoms. The topological polar surface area (TPSA) is 90.0 Å². The fraction of sp³-hybridized carbons (Fsp3) is 0.448. The summed E-state index contributed by atoms with van der Waals surface area (Å²) in [6.45, 7) is 3.77. The van der Waals surface area contributed by atoms with E-state index in [0.717, 1.165) is 22.5 Å². The molecule has 3 heterocycles. The van der Waals surface area contributed by atoms with E-state index in [1.165, 1.54) is 24.3 Å². The van der Waals surface area contributed by atoms with Crippen LogP contribution < -0.4 is 9.62 Å². The lowest BCUT2D eigenvalue weighted by molar-refractivity contribution is -0.140. The van der Waals surface area contributed by atoms with Gasteiger partial charge in [-0.2, -0.15) is 13.2 Å². The maximum absolute atomic E-state index is 14.0. The fourth-order valence-corrected chi connectivity index (χ4v) is 7.67. The molecule has 2 aromatic carbocycles. The predicted octanol–water partition coefficient (Wildman–Crippen LogP) is 4.56. The number of nitrogens with one attached hydrogen (secondary N) is 1. The number of likely N-dealkylation sites (N-methyl/N-ethyl adjacent to an activating group) is 1. The van der Waals surface area contributed by atoms with Crippen molar-refractivity contribution >= 4 is 39.1 Å². The molecule has 2 atom stereocenters. The first-order valence-corrected chi connectivity index (χ1v) is 15.6. The molecule has 1 spiro atoms. The monoisotopic (exact) mass is 624 g/mol. The molecule has 8 nitrogen and oxygen atoms in total. The number of carbonyl (C=O) groups is 2. The fourth-order valence-electron chi connectivity index (χ4n) is 6.04. The third-order valence-electron chi connectivity index (χ3n) is 8.35. The number of allylic oxidation sites excluding steroid dienone is 1. The van der Waals surface area contributed by atoms with Crippen molar-refractivity contribution in [1.82, 2.24) is 15.1 Å². The Morgan fingerprint density at radius 1 is 1.12 bits per heavy atom. The van der Waals surface area contributed by atoms with E-state index in [9.17, 15) is 31.2 Å². The van der Waals surface area contributed by atoms with E-state index >= 15 is 0 Å².